The van der Waals surface area contributed by atoms with Gasteiger partial charge in [-0.2, -0.15) is 0 Å². The quantitative estimate of drug-likeness (QED) is 0.528. The molecule has 9 heteroatoms. The maximum Gasteiger partial charge on any atom is 0.316 e. The largest absolute Gasteiger partial charge is 0.461 e. The second kappa shape index (κ2) is 9.07. The Morgan fingerprint density at radius 3 is 2.78 bits per heavy atom. The third-order valence-corrected chi connectivity index (χ3v) is 5.53. The Morgan fingerprint density at radius 1 is 1.33 bits per heavy atom. The van der Waals surface area contributed by atoms with Gasteiger partial charge in [0.25, 0.3) is 5.91 Å². The Balaban J connectivity index is 1.47. The van der Waals surface area contributed by atoms with Gasteiger partial charge in [0.05, 0.1) is 12.0 Å². The van der Waals surface area contributed by atoms with Crippen LogP contribution in [0.3, 0.4) is 0 Å². The van der Waals surface area contributed by atoms with Gasteiger partial charge in [-0.15, -0.1) is 10.2 Å². The fraction of sp³-hybridized carbons (Fsp3) is 0.556. The van der Waals surface area contributed by atoms with Crippen molar-refractivity contribution in [1.29, 1.82) is 0 Å². The lowest BCUT2D eigenvalue weighted by molar-refractivity contribution is -0.150. The molecule has 2 aromatic rings. The summed E-state index contributed by atoms with van der Waals surface area (Å²) in [6.07, 6.45) is 3.58. The zero-order valence-electron chi connectivity index (χ0n) is 15.6. The maximum absolute atomic E-state index is 12.1. The average molecular weight is 392 g/mol. The highest BCUT2D eigenvalue weighted by atomic mass is 32.2. The summed E-state index contributed by atoms with van der Waals surface area (Å²) in [4.78, 5) is 25.9. The third-order valence-electron chi connectivity index (χ3n) is 4.59. The van der Waals surface area contributed by atoms with Crippen LogP contribution in [-0.4, -0.2) is 57.0 Å². The molecule has 2 aromatic heterocycles. The van der Waals surface area contributed by atoms with Crippen LogP contribution in [0.1, 0.15) is 26.7 Å². The molecule has 8 nitrogen and oxygen atoms in total. The van der Waals surface area contributed by atoms with Gasteiger partial charge in [0.2, 0.25) is 0 Å². The minimum atomic E-state index is -0.441. The number of aromatic nitrogens is 3. The number of nitrogens with zero attached hydrogens (tertiary/aromatic N) is 4. The normalized spacial score (nSPS) is 15.1. The Morgan fingerprint density at radius 2 is 2.11 bits per heavy atom. The lowest BCUT2D eigenvalue weighted by Gasteiger charge is -2.30. The number of ether oxygens (including phenoxy) is 1. The molecule has 1 amide bonds. The van der Waals surface area contributed by atoms with Crippen LogP contribution in [0.2, 0.25) is 0 Å². The van der Waals surface area contributed by atoms with Crippen LogP contribution in [0.5, 0.6) is 0 Å². The summed E-state index contributed by atoms with van der Waals surface area (Å²) < 4.78 is 12.4. The van der Waals surface area contributed by atoms with Crippen molar-refractivity contribution in [1.82, 2.24) is 19.7 Å². The van der Waals surface area contributed by atoms with Crippen molar-refractivity contribution in [2.75, 3.05) is 25.4 Å². The lowest BCUT2D eigenvalue weighted by Crippen LogP contribution is -2.40. The number of esters is 1. The summed E-state index contributed by atoms with van der Waals surface area (Å²) in [6, 6.07) is 3.60. The number of thioether (sulfide) groups is 1. The minimum Gasteiger partial charge on any atom is -0.461 e. The van der Waals surface area contributed by atoms with E-state index < -0.39 is 5.97 Å². The van der Waals surface area contributed by atoms with Gasteiger partial charge in [-0.1, -0.05) is 18.7 Å². The second-order valence-electron chi connectivity index (χ2n) is 6.54. The first-order chi connectivity index (χ1) is 13.1. The highest BCUT2D eigenvalue weighted by molar-refractivity contribution is 7.99. The van der Waals surface area contributed by atoms with Crippen LogP contribution in [0.15, 0.2) is 28.0 Å². The van der Waals surface area contributed by atoms with E-state index in [0.717, 1.165) is 25.9 Å². The van der Waals surface area contributed by atoms with Crippen molar-refractivity contribution >= 4 is 23.6 Å². The smallest absolute Gasteiger partial charge is 0.316 e. The van der Waals surface area contributed by atoms with E-state index in [1.165, 1.54) is 11.8 Å². The summed E-state index contributed by atoms with van der Waals surface area (Å²) in [7, 11) is 0. The fourth-order valence-electron chi connectivity index (χ4n) is 2.93. The van der Waals surface area contributed by atoms with Crippen molar-refractivity contribution < 1.29 is 18.7 Å². The first-order valence-electron chi connectivity index (χ1n) is 9.11. The van der Waals surface area contributed by atoms with Gasteiger partial charge < -0.3 is 14.1 Å². The van der Waals surface area contributed by atoms with E-state index in [9.17, 15) is 9.59 Å². The van der Waals surface area contributed by atoms with E-state index in [-0.39, 0.29) is 18.3 Å². The van der Waals surface area contributed by atoms with Gasteiger partial charge in [-0.3, -0.25) is 14.2 Å². The third kappa shape index (κ3) is 4.91. The zero-order valence-corrected chi connectivity index (χ0v) is 16.4. The SMILES string of the molecule is CCn1c(SCC(=O)OCC(=O)N2CCC(C)CC2)nnc1-c1ccco1. The molecular weight excluding hydrogens is 368 g/mol. The van der Waals surface area contributed by atoms with E-state index in [2.05, 4.69) is 17.1 Å². The zero-order chi connectivity index (χ0) is 19.2. The lowest BCUT2D eigenvalue weighted by atomic mass is 9.99. The van der Waals surface area contributed by atoms with E-state index in [1.807, 2.05) is 17.6 Å². The Kier molecular flexibility index (Phi) is 6.54. The molecule has 3 rings (SSSR count). The molecular formula is C18H24N4O4S. The minimum absolute atomic E-state index is 0.0700. The molecule has 0 radical (unpaired) electrons. The van der Waals surface area contributed by atoms with Gasteiger partial charge in [0.1, 0.15) is 0 Å². The number of carbonyl (C=O) groups excluding carboxylic acids is 2. The van der Waals surface area contributed by atoms with Gasteiger partial charge in [0, 0.05) is 19.6 Å². The molecule has 0 N–H and O–H groups in total. The fourth-order valence-corrected chi connectivity index (χ4v) is 3.73. The number of carbonyl (C=O) groups is 2. The van der Waals surface area contributed by atoms with E-state index in [1.54, 1.807) is 17.2 Å². The second-order valence-corrected chi connectivity index (χ2v) is 7.48. The first kappa shape index (κ1) is 19.5. The number of hydrogen-bond acceptors (Lipinski definition) is 7. The van der Waals surface area contributed by atoms with E-state index in [0.29, 0.717) is 29.2 Å². The Hall–Kier alpha value is -2.29. The maximum atomic E-state index is 12.1. The predicted octanol–water partition coefficient (Wildman–Crippen LogP) is 2.45. The topological polar surface area (TPSA) is 90.5 Å². The molecule has 146 valence electrons. The number of likely N-dealkylation sites (tertiary alicyclic amines) is 1. The summed E-state index contributed by atoms with van der Waals surface area (Å²) in [5, 5.41) is 8.87. The van der Waals surface area contributed by atoms with Crippen LogP contribution in [-0.2, 0) is 20.9 Å². The van der Waals surface area contributed by atoms with E-state index >= 15 is 0 Å². The first-order valence-corrected chi connectivity index (χ1v) is 10.1. The molecule has 1 fully saturated rings. The molecule has 0 bridgehead atoms. The summed E-state index contributed by atoms with van der Waals surface area (Å²) in [5.74, 6) is 1.39. The highest BCUT2D eigenvalue weighted by Gasteiger charge is 2.22. The molecule has 0 spiro atoms. The van der Waals surface area contributed by atoms with Gasteiger partial charge in [-0.25, -0.2) is 0 Å². The standard InChI is InChI=1S/C18H24N4O4S/c1-3-22-17(14-5-4-10-25-14)19-20-18(22)27-12-16(24)26-11-15(23)21-8-6-13(2)7-9-21/h4-5,10,13H,3,6-9,11-12H2,1-2H3. The van der Waals surface area contributed by atoms with Crippen LogP contribution >= 0.6 is 11.8 Å². The highest BCUT2D eigenvalue weighted by Crippen LogP contribution is 2.24. The van der Waals surface area contributed by atoms with Crippen molar-refractivity contribution in [2.24, 2.45) is 5.92 Å². The van der Waals surface area contributed by atoms with Crippen LogP contribution in [0.4, 0.5) is 0 Å². The Bertz CT molecular complexity index is 766. The Labute approximate surface area is 162 Å². The molecule has 1 saturated heterocycles. The van der Waals surface area contributed by atoms with Crippen molar-refractivity contribution in [3.05, 3.63) is 18.4 Å². The van der Waals surface area contributed by atoms with Crippen LogP contribution in [0, 0.1) is 5.92 Å². The van der Waals surface area contributed by atoms with Gasteiger partial charge in [-0.05, 0) is 37.8 Å². The molecule has 1 aliphatic rings. The number of rotatable bonds is 7. The van der Waals surface area contributed by atoms with Crippen LogP contribution in [0.25, 0.3) is 11.6 Å². The molecule has 0 aliphatic carbocycles. The molecule has 1 aliphatic heterocycles. The summed E-state index contributed by atoms with van der Waals surface area (Å²) in [5.41, 5.74) is 0. The summed E-state index contributed by atoms with van der Waals surface area (Å²) in [6.45, 7) is 6.07. The molecule has 27 heavy (non-hydrogen) atoms. The molecule has 0 aromatic carbocycles. The van der Waals surface area contributed by atoms with Crippen molar-refractivity contribution in [3.63, 3.8) is 0 Å². The predicted molar refractivity (Wildman–Crippen MR) is 100 cm³/mol. The van der Waals surface area contributed by atoms with E-state index in [4.69, 9.17) is 9.15 Å². The molecule has 3 heterocycles. The van der Waals surface area contributed by atoms with Gasteiger partial charge >= 0.3 is 5.97 Å². The number of piperidine rings is 1. The monoisotopic (exact) mass is 392 g/mol. The molecule has 0 saturated carbocycles. The van der Waals surface area contributed by atoms with Crippen molar-refractivity contribution in [3.8, 4) is 11.6 Å². The number of hydrogen-bond donors (Lipinski definition) is 0. The van der Waals surface area contributed by atoms with Crippen LogP contribution < -0.4 is 0 Å². The van der Waals surface area contributed by atoms with Gasteiger partial charge in [0.15, 0.2) is 23.3 Å². The molecule has 0 unspecified atom stereocenters. The number of furan rings is 1. The number of amides is 1. The summed E-state index contributed by atoms with van der Waals surface area (Å²) >= 11 is 1.23. The molecule has 0 atom stereocenters. The van der Waals surface area contributed by atoms with Crippen molar-refractivity contribution in [2.45, 2.75) is 38.4 Å². The average Bonchev–Trinajstić information content (AvgIpc) is 3.33.